The highest BCUT2D eigenvalue weighted by atomic mass is 16.7. The fraction of sp³-hybridized carbons (Fsp3) is 0.290. The molecular weight excluding hydrogens is 534 g/mol. The van der Waals surface area contributed by atoms with E-state index in [0.29, 0.717) is 17.9 Å². The van der Waals surface area contributed by atoms with E-state index < -0.39 is 6.04 Å². The summed E-state index contributed by atoms with van der Waals surface area (Å²) in [6, 6.07) is 23.3. The lowest BCUT2D eigenvalue weighted by molar-refractivity contribution is 0.0998. The van der Waals surface area contributed by atoms with Gasteiger partial charge in [-0.1, -0.05) is 36.4 Å². The Morgan fingerprint density at radius 2 is 1.74 bits per heavy atom. The largest absolute Gasteiger partial charge is 0.497 e. The number of methoxy groups -OCH3 is 1. The normalized spacial score (nSPS) is 16.1. The van der Waals surface area contributed by atoms with E-state index in [-0.39, 0.29) is 12.4 Å². The van der Waals surface area contributed by atoms with Gasteiger partial charge in [-0.3, -0.25) is 14.6 Å². The van der Waals surface area contributed by atoms with Crippen LogP contribution in [0.25, 0.3) is 10.9 Å². The molecule has 1 atom stereocenters. The number of hydrogen-bond acceptors (Lipinski definition) is 9. The second kappa shape index (κ2) is 11.3. The second-order valence-electron chi connectivity index (χ2n) is 10.6. The molecule has 1 saturated heterocycles. The number of tetrazole rings is 1. The number of nitrogens with zero attached hydrogens (tertiary/aromatic N) is 6. The first-order valence-electron chi connectivity index (χ1n) is 14.0. The van der Waals surface area contributed by atoms with Gasteiger partial charge >= 0.3 is 0 Å². The molecular formula is C31H31N7O4. The zero-order valence-corrected chi connectivity index (χ0v) is 23.3. The third kappa shape index (κ3) is 5.19. The van der Waals surface area contributed by atoms with E-state index in [9.17, 15) is 4.79 Å². The van der Waals surface area contributed by atoms with Gasteiger partial charge < -0.3 is 19.2 Å². The zero-order valence-electron chi connectivity index (χ0n) is 23.3. The summed E-state index contributed by atoms with van der Waals surface area (Å²) in [6.45, 7) is 4.70. The number of pyridine rings is 1. The average molecular weight is 566 g/mol. The highest BCUT2D eigenvalue weighted by Crippen LogP contribution is 2.33. The molecule has 4 heterocycles. The van der Waals surface area contributed by atoms with Gasteiger partial charge in [-0.25, -0.2) is 4.68 Å². The van der Waals surface area contributed by atoms with Crippen molar-refractivity contribution in [2.75, 3.05) is 40.1 Å². The summed E-state index contributed by atoms with van der Waals surface area (Å²) in [5.41, 5.74) is 3.45. The van der Waals surface area contributed by atoms with Gasteiger partial charge in [0.2, 0.25) is 6.79 Å². The lowest BCUT2D eigenvalue weighted by Gasteiger charge is -2.38. The Kier molecular flexibility index (Phi) is 7.02. The van der Waals surface area contributed by atoms with Crippen molar-refractivity contribution < 1.29 is 14.2 Å². The fourth-order valence-electron chi connectivity index (χ4n) is 5.78. The van der Waals surface area contributed by atoms with E-state index in [1.165, 1.54) is 5.56 Å². The number of ether oxygens (including phenoxy) is 3. The van der Waals surface area contributed by atoms with E-state index in [4.69, 9.17) is 14.2 Å². The molecule has 0 amide bonds. The third-order valence-corrected chi connectivity index (χ3v) is 7.97. The van der Waals surface area contributed by atoms with Crippen molar-refractivity contribution >= 4 is 10.9 Å². The Bertz CT molecular complexity index is 1760. The maximum absolute atomic E-state index is 13.6. The number of aromatic nitrogens is 5. The van der Waals surface area contributed by atoms with Gasteiger partial charge in [-0.05, 0) is 58.0 Å². The van der Waals surface area contributed by atoms with E-state index in [0.717, 1.165) is 66.4 Å². The fourth-order valence-corrected chi connectivity index (χ4v) is 5.78. The van der Waals surface area contributed by atoms with E-state index in [1.54, 1.807) is 11.8 Å². The van der Waals surface area contributed by atoms with Crippen molar-refractivity contribution in [3.8, 4) is 17.2 Å². The smallest absolute Gasteiger partial charge is 0.253 e. The van der Waals surface area contributed by atoms with Crippen molar-refractivity contribution in [2.24, 2.45) is 0 Å². The summed E-state index contributed by atoms with van der Waals surface area (Å²) in [5, 5.41) is 13.8. The van der Waals surface area contributed by atoms with Gasteiger partial charge in [0.1, 0.15) is 11.8 Å². The lowest BCUT2D eigenvalue weighted by atomic mass is 10.0. The lowest BCUT2D eigenvalue weighted by Crippen LogP contribution is -2.48. The van der Waals surface area contributed by atoms with Crippen molar-refractivity contribution in [3.63, 3.8) is 0 Å². The molecule has 5 aromatic rings. The average Bonchev–Trinajstić information content (AvgIpc) is 3.68. The first-order valence-corrected chi connectivity index (χ1v) is 14.0. The van der Waals surface area contributed by atoms with Gasteiger partial charge in [0.15, 0.2) is 17.3 Å². The Balaban J connectivity index is 1.20. The van der Waals surface area contributed by atoms with E-state index in [2.05, 4.69) is 42.4 Å². The maximum atomic E-state index is 13.6. The standard InChI is InChI=1S/C31H31N7O4/c1-40-24-8-9-26-23(16-24)17-25(31(39)32-26)29(30-33-34-35-38(30)19-21-5-3-2-4-6-21)37-13-11-36(12-14-37)18-22-7-10-27-28(15-22)42-20-41-27/h2-10,15-17,29H,11-14,18-20H2,1H3,(H,32,39)/t29-/m1/s1. The van der Waals surface area contributed by atoms with Crippen LogP contribution in [0.1, 0.15) is 28.6 Å². The summed E-state index contributed by atoms with van der Waals surface area (Å²) in [6.07, 6.45) is 0. The Morgan fingerprint density at radius 3 is 2.57 bits per heavy atom. The Hall–Kier alpha value is -4.74. The predicted octanol–water partition coefficient (Wildman–Crippen LogP) is 3.21. The SMILES string of the molecule is COc1ccc2[nH]c(=O)c([C@H](c3nnnn3Cc3ccccc3)N3CCN(Cc4ccc5c(c4)OCO5)CC3)cc2c1. The molecule has 0 spiro atoms. The number of piperazine rings is 1. The van der Waals surface area contributed by atoms with Gasteiger partial charge in [0.05, 0.1) is 13.7 Å². The van der Waals surface area contributed by atoms with Crippen LogP contribution in [0.2, 0.25) is 0 Å². The van der Waals surface area contributed by atoms with Crippen molar-refractivity contribution in [1.29, 1.82) is 0 Å². The summed E-state index contributed by atoms with van der Waals surface area (Å²) >= 11 is 0. The number of H-pyrrole nitrogens is 1. The predicted molar refractivity (Wildman–Crippen MR) is 156 cm³/mol. The zero-order chi connectivity index (χ0) is 28.5. The van der Waals surface area contributed by atoms with Crippen LogP contribution in [-0.4, -0.2) is 75.1 Å². The van der Waals surface area contributed by atoms with Crippen LogP contribution in [-0.2, 0) is 13.1 Å². The van der Waals surface area contributed by atoms with E-state index in [1.807, 2.05) is 60.7 Å². The molecule has 1 N–H and O–H groups in total. The molecule has 2 aliphatic rings. The van der Waals surface area contributed by atoms with Crippen LogP contribution in [0.3, 0.4) is 0 Å². The maximum Gasteiger partial charge on any atom is 0.253 e. The topological polar surface area (TPSA) is 111 Å². The summed E-state index contributed by atoms with van der Waals surface area (Å²) in [4.78, 5) is 21.4. The summed E-state index contributed by atoms with van der Waals surface area (Å²) in [7, 11) is 1.64. The number of aromatic amines is 1. The van der Waals surface area contributed by atoms with E-state index >= 15 is 0 Å². The highest BCUT2D eigenvalue weighted by molar-refractivity contribution is 5.80. The van der Waals surface area contributed by atoms with Gasteiger partial charge in [0.25, 0.3) is 5.56 Å². The number of rotatable bonds is 8. The molecule has 2 aliphatic heterocycles. The third-order valence-electron chi connectivity index (χ3n) is 7.97. The number of nitrogens with one attached hydrogen (secondary N) is 1. The molecule has 42 heavy (non-hydrogen) atoms. The van der Waals surface area contributed by atoms with Gasteiger partial charge in [-0.2, -0.15) is 0 Å². The van der Waals surface area contributed by atoms with Crippen molar-refractivity contribution in [3.05, 3.63) is 106 Å². The minimum Gasteiger partial charge on any atom is -0.497 e. The quantitative estimate of drug-likeness (QED) is 0.303. The summed E-state index contributed by atoms with van der Waals surface area (Å²) < 4.78 is 18.3. The van der Waals surface area contributed by atoms with Crippen LogP contribution in [0, 0.1) is 0 Å². The first-order chi connectivity index (χ1) is 20.6. The van der Waals surface area contributed by atoms with Crippen molar-refractivity contribution in [1.82, 2.24) is 35.0 Å². The molecule has 0 saturated carbocycles. The molecule has 2 aromatic heterocycles. The number of benzene rings is 3. The van der Waals surface area contributed by atoms with Crippen LogP contribution in [0.15, 0.2) is 77.6 Å². The van der Waals surface area contributed by atoms with Gasteiger partial charge in [0, 0.05) is 49.2 Å². The minimum absolute atomic E-state index is 0.158. The molecule has 214 valence electrons. The molecule has 3 aromatic carbocycles. The molecule has 11 heteroatoms. The van der Waals surface area contributed by atoms with Crippen LogP contribution < -0.4 is 19.8 Å². The minimum atomic E-state index is -0.434. The molecule has 0 unspecified atom stereocenters. The Labute approximate surface area is 242 Å². The molecule has 0 radical (unpaired) electrons. The number of hydrogen-bond donors (Lipinski definition) is 1. The first kappa shape index (κ1) is 26.2. The van der Waals surface area contributed by atoms with Crippen LogP contribution >= 0.6 is 0 Å². The molecule has 7 rings (SSSR count). The molecule has 0 aliphatic carbocycles. The van der Waals surface area contributed by atoms with Gasteiger partial charge in [-0.15, -0.1) is 5.10 Å². The van der Waals surface area contributed by atoms with Crippen LogP contribution in [0.5, 0.6) is 17.2 Å². The van der Waals surface area contributed by atoms with Crippen molar-refractivity contribution in [2.45, 2.75) is 19.1 Å². The second-order valence-corrected chi connectivity index (χ2v) is 10.6. The van der Waals surface area contributed by atoms with Crippen LogP contribution in [0.4, 0.5) is 0 Å². The number of fused-ring (bicyclic) bond motifs is 2. The Morgan fingerprint density at radius 1 is 0.905 bits per heavy atom. The molecule has 11 nitrogen and oxygen atoms in total. The molecule has 0 bridgehead atoms. The molecule has 1 fully saturated rings. The highest BCUT2D eigenvalue weighted by Gasteiger charge is 2.33. The summed E-state index contributed by atoms with van der Waals surface area (Å²) in [5.74, 6) is 2.94. The monoisotopic (exact) mass is 565 g/mol.